The molecular weight excluding hydrogens is 331 g/mol. The predicted octanol–water partition coefficient (Wildman–Crippen LogP) is 3.50. The van der Waals surface area contributed by atoms with Crippen molar-refractivity contribution in [2.75, 3.05) is 19.6 Å². The molecule has 2 aromatic rings. The maximum absolute atomic E-state index is 12.8. The largest absolute Gasteiger partial charge is 0.418 e. The molecule has 2 heterocycles. The summed E-state index contributed by atoms with van der Waals surface area (Å²) in [6.07, 6.45) is -1.46. The lowest BCUT2D eigenvalue weighted by Gasteiger charge is -2.37. The molecule has 1 aliphatic rings. The second kappa shape index (κ2) is 6.80. The molecule has 0 spiro atoms. The zero-order valence-electron chi connectivity index (χ0n) is 14.1. The minimum absolute atomic E-state index is 0.150. The highest BCUT2D eigenvalue weighted by molar-refractivity contribution is 5.59. The Labute approximate surface area is 144 Å². The number of aromatic nitrogens is 2. The van der Waals surface area contributed by atoms with Crippen LogP contribution < -0.4 is 0 Å². The Morgan fingerprint density at radius 3 is 2.36 bits per heavy atom. The standard InChI is InChI=1S/C18H22F3N3O/c1-17(25,18(19,20)21)13-23-11-8-15(9-12-23)24-16(7-10-22-24)14-5-3-2-4-6-14/h2-7,10,15,25H,8-9,11-13H2,1H3/t17-/m1/s1. The van der Waals surface area contributed by atoms with Gasteiger partial charge < -0.3 is 5.11 Å². The molecule has 3 rings (SSSR count). The van der Waals surface area contributed by atoms with E-state index in [-0.39, 0.29) is 6.04 Å². The molecule has 136 valence electrons. The quantitative estimate of drug-likeness (QED) is 0.915. The second-order valence-corrected chi connectivity index (χ2v) is 6.81. The predicted molar refractivity (Wildman–Crippen MR) is 89.1 cm³/mol. The van der Waals surface area contributed by atoms with E-state index in [9.17, 15) is 18.3 Å². The summed E-state index contributed by atoms with van der Waals surface area (Å²) < 4.78 is 40.5. The van der Waals surface area contributed by atoms with E-state index in [2.05, 4.69) is 5.10 Å². The van der Waals surface area contributed by atoms with Crippen LogP contribution in [0.5, 0.6) is 0 Å². The average molecular weight is 353 g/mol. The topological polar surface area (TPSA) is 41.3 Å². The van der Waals surface area contributed by atoms with Crippen LogP contribution in [0.15, 0.2) is 42.6 Å². The van der Waals surface area contributed by atoms with Crippen molar-refractivity contribution in [2.24, 2.45) is 0 Å². The number of hydrogen-bond acceptors (Lipinski definition) is 3. The number of benzene rings is 1. The lowest BCUT2D eigenvalue weighted by Crippen LogP contribution is -2.52. The van der Waals surface area contributed by atoms with Crippen LogP contribution in [0.25, 0.3) is 11.3 Å². The summed E-state index contributed by atoms with van der Waals surface area (Å²) in [6, 6.07) is 12.0. The van der Waals surface area contributed by atoms with Crippen LogP contribution in [0.2, 0.25) is 0 Å². The highest BCUT2D eigenvalue weighted by atomic mass is 19.4. The minimum Gasteiger partial charge on any atom is -0.380 e. The van der Waals surface area contributed by atoms with Gasteiger partial charge >= 0.3 is 6.18 Å². The summed E-state index contributed by atoms with van der Waals surface area (Å²) in [6.45, 7) is 1.45. The normalized spacial score (nSPS) is 19.7. The van der Waals surface area contributed by atoms with E-state index in [0.717, 1.165) is 18.2 Å². The van der Waals surface area contributed by atoms with Crippen molar-refractivity contribution in [3.05, 3.63) is 42.6 Å². The highest BCUT2D eigenvalue weighted by Crippen LogP contribution is 2.33. The third-order valence-corrected chi connectivity index (χ3v) is 4.79. The van der Waals surface area contributed by atoms with E-state index in [1.807, 2.05) is 41.1 Å². The Morgan fingerprint density at radius 2 is 1.76 bits per heavy atom. The number of rotatable bonds is 4. The molecule has 0 bridgehead atoms. The first kappa shape index (κ1) is 17.9. The zero-order chi connectivity index (χ0) is 18.1. The van der Waals surface area contributed by atoms with E-state index >= 15 is 0 Å². The van der Waals surface area contributed by atoms with Crippen LogP contribution in [0.4, 0.5) is 13.2 Å². The molecule has 0 saturated carbocycles. The van der Waals surface area contributed by atoms with Gasteiger partial charge in [-0.15, -0.1) is 0 Å². The molecule has 0 amide bonds. The molecule has 0 radical (unpaired) electrons. The van der Waals surface area contributed by atoms with Crippen molar-refractivity contribution in [1.29, 1.82) is 0 Å². The molecule has 0 aliphatic carbocycles. The van der Waals surface area contributed by atoms with Gasteiger partial charge in [-0.1, -0.05) is 30.3 Å². The Kier molecular flexibility index (Phi) is 4.88. The second-order valence-electron chi connectivity index (χ2n) is 6.81. The first-order chi connectivity index (χ1) is 11.8. The number of nitrogens with zero attached hydrogens (tertiary/aromatic N) is 3. The zero-order valence-corrected chi connectivity index (χ0v) is 14.1. The Hall–Kier alpha value is -1.86. The van der Waals surface area contributed by atoms with Crippen LogP contribution in [0.1, 0.15) is 25.8 Å². The number of likely N-dealkylation sites (tertiary alicyclic amines) is 1. The minimum atomic E-state index is -4.62. The molecule has 1 aliphatic heterocycles. The molecule has 0 unspecified atom stereocenters. The fourth-order valence-electron chi connectivity index (χ4n) is 3.29. The SMILES string of the molecule is C[C@@](O)(CN1CCC(n2nccc2-c2ccccc2)CC1)C(F)(F)F. The molecule has 1 saturated heterocycles. The smallest absolute Gasteiger partial charge is 0.380 e. The number of halogens is 3. The van der Waals surface area contributed by atoms with Crippen LogP contribution in [-0.4, -0.2) is 51.2 Å². The highest BCUT2D eigenvalue weighted by Gasteiger charge is 2.50. The monoisotopic (exact) mass is 353 g/mol. The van der Waals surface area contributed by atoms with E-state index < -0.39 is 18.3 Å². The van der Waals surface area contributed by atoms with E-state index in [4.69, 9.17) is 0 Å². The van der Waals surface area contributed by atoms with Crippen molar-refractivity contribution < 1.29 is 18.3 Å². The van der Waals surface area contributed by atoms with Gasteiger partial charge in [0, 0.05) is 25.8 Å². The fraction of sp³-hybridized carbons (Fsp3) is 0.500. The third kappa shape index (κ3) is 3.88. The molecule has 4 nitrogen and oxygen atoms in total. The van der Waals surface area contributed by atoms with Crippen molar-refractivity contribution in [3.8, 4) is 11.3 Å². The van der Waals surface area contributed by atoms with Crippen LogP contribution in [0.3, 0.4) is 0 Å². The molecule has 1 atom stereocenters. The fourth-order valence-corrected chi connectivity index (χ4v) is 3.29. The molecule has 1 aromatic carbocycles. The van der Waals surface area contributed by atoms with Crippen molar-refractivity contribution in [2.45, 2.75) is 37.6 Å². The van der Waals surface area contributed by atoms with Gasteiger partial charge in [-0.05, 0) is 31.4 Å². The van der Waals surface area contributed by atoms with Gasteiger partial charge in [-0.25, -0.2) is 0 Å². The summed E-state index contributed by atoms with van der Waals surface area (Å²) in [5, 5.41) is 14.1. The van der Waals surface area contributed by atoms with Gasteiger partial charge in [0.05, 0.1) is 11.7 Å². The summed E-state index contributed by atoms with van der Waals surface area (Å²) >= 11 is 0. The Balaban J connectivity index is 1.65. The molecule has 7 heteroatoms. The van der Waals surface area contributed by atoms with Gasteiger partial charge in [0.15, 0.2) is 5.60 Å². The maximum atomic E-state index is 12.8. The summed E-state index contributed by atoms with van der Waals surface area (Å²) in [7, 11) is 0. The summed E-state index contributed by atoms with van der Waals surface area (Å²) in [5.74, 6) is 0. The first-order valence-corrected chi connectivity index (χ1v) is 8.38. The van der Waals surface area contributed by atoms with E-state index in [0.29, 0.717) is 25.9 Å². The average Bonchev–Trinajstić information content (AvgIpc) is 3.04. The van der Waals surface area contributed by atoms with Gasteiger partial charge in [0.25, 0.3) is 0 Å². The van der Waals surface area contributed by atoms with Gasteiger partial charge in [-0.3, -0.25) is 9.58 Å². The molecule has 1 N–H and O–H groups in total. The lowest BCUT2D eigenvalue weighted by atomic mass is 10.0. The van der Waals surface area contributed by atoms with Crippen LogP contribution in [0, 0.1) is 0 Å². The third-order valence-electron chi connectivity index (χ3n) is 4.79. The van der Waals surface area contributed by atoms with Crippen LogP contribution >= 0.6 is 0 Å². The number of hydrogen-bond donors (Lipinski definition) is 1. The number of alkyl halides is 3. The molecule has 1 aromatic heterocycles. The summed E-state index contributed by atoms with van der Waals surface area (Å²) in [5.41, 5.74) is -0.593. The molecule has 1 fully saturated rings. The molecular formula is C18H22F3N3O. The first-order valence-electron chi connectivity index (χ1n) is 8.38. The maximum Gasteiger partial charge on any atom is 0.418 e. The number of piperidine rings is 1. The Morgan fingerprint density at radius 1 is 1.12 bits per heavy atom. The van der Waals surface area contributed by atoms with Gasteiger partial charge in [0.2, 0.25) is 0 Å². The lowest BCUT2D eigenvalue weighted by molar-refractivity contribution is -0.258. The van der Waals surface area contributed by atoms with Crippen molar-refractivity contribution in [3.63, 3.8) is 0 Å². The van der Waals surface area contributed by atoms with Crippen molar-refractivity contribution in [1.82, 2.24) is 14.7 Å². The van der Waals surface area contributed by atoms with Gasteiger partial charge in [0.1, 0.15) is 0 Å². The number of aliphatic hydroxyl groups is 1. The van der Waals surface area contributed by atoms with Crippen molar-refractivity contribution >= 4 is 0 Å². The number of β-amino-alcohol motifs (C(OH)–C–C–N with tert-alkyl or cyclic N) is 1. The summed E-state index contributed by atoms with van der Waals surface area (Å²) in [4.78, 5) is 1.68. The molecule has 25 heavy (non-hydrogen) atoms. The van der Waals surface area contributed by atoms with E-state index in [1.54, 1.807) is 11.1 Å². The Bertz CT molecular complexity index is 689. The van der Waals surface area contributed by atoms with E-state index in [1.165, 1.54) is 0 Å². The van der Waals surface area contributed by atoms with Gasteiger partial charge in [-0.2, -0.15) is 18.3 Å². The van der Waals surface area contributed by atoms with Crippen LogP contribution in [-0.2, 0) is 0 Å².